The van der Waals surface area contributed by atoms with E-state index in [1.807, 2.05) is 28.8 Å². The van der Waals surface area contributed by atoms with Crippen molar-refractivity contribution in [1.29, 1.82) is 0 Å². The number of hydrogen-bond donors (Lipinski definition) is 1. The highest BCUT2D eigenvalue weighted by atomic mass is 35.5. The summed E-state index contributed by atoms with van der Waals surface area (Å²) in [5.74, 6) is 0.689. The number of halogens is 1. The van der Waals surface area contributed by atoms with E-state index in [1.165, 1.54) is 11.8 Å². The maximum atomic E-state index is 12.5. The van der Waals surface area contributed by atoms with E-state index in [0.29, 0.717) is 16.6 Å². The van der Waals surface area contributed by atoms with Crippen molar-refractivity contribution in [2.45, 2.75) is 36.9 Å². The summed E-state index contributed by atoms with van der Waals surface area (Å²) in [7, 11) is -3.09. The summed E-state index contributed by atoms with van der Waals surface area (Å²) in [6.07, 6.45) is 2.63. The molecule has 2 saturated heterocycles. The summed E-state index contributed by atoms with van der Waals surface area (Å²) in [5.41, 5.74) is 0.0518. The molecule has 2 aliphatic heterocycles. The molecule has 1 unspecified atom stereocenters. The Morgan fingerprint density at radius 2 is 2.00 bits per heavy atom. The molecular formula is C19H24ClN5O3S2. The van der Waals surface area contributed by atoms with Gasteiger partial charge < -0.3 is 10.2 Å². The molecule has 3 heterocycles. The molecule has 8 nitrogen and oxygen atoms in total. The molecule has 1 aromatic heterocycles. The maximum Gasteiger partial charge on any atom is 0.232 e. The standard InChI is InChI=1S/C19H24ClN5O3S2/c1-19(8-11-30(27,28)13-19)21-16(26)12-29-18-23-22-17(24-9-4-5-10-24)25(18)15-7-3-2-6-14(15)20/h2-3,6-7H,4-5,8-13H2,1H3,(H,21,26). The summed E-state index contributed by atoms with van der Waals surface area (Å²) in [5, 5.41) is 12.7. The number of aromatic nitrogens is 3. The van der Waals surface area contributed by atoms with Crippen LogP contribution in [0.25, 0.3) is 5.69 Å². The van der Waals surface area contributed by atoms with Gasteiger partial charge in [-0.15, -0.1) is 10.2 Å². The van der Waals surface area contributed by atoms with Gasteiger partial charge in [-0.05, 0) is 38.3 Å². The Labute approximate surface area is 185 Å². The van der Waals surface area contributed by atoms with E-state index in [9.17, 15) is 13.2 Å². The van der Waals surface area contributed by atoms with Gasteiger partial charge in [-0.3, -0.25) is 9.36 Å². The van der Waals surface area contributed by atoms with E-state index >= 15 is 0 Å². The zero-order chi connectivity index (χ0) is 21.4. The minimum absolute atomic E-state index is 0.0225. The molecule has 1 aromatic carbocycles. The second-order valence-corrected chi connectivity index (χ2v) is 11.5. The van der Waals surface area contributed by atoms with Gasteiger partial charge in [-0.2, -0.15) is 0 Å². The molecule has 1 amide bonds. The largest absolute Gasteiger partial charge is 0.349 e. The highest BCUT2D eigenvalue weighted by Gasteiger charge is 2.39. The van der Waals surface area contributed by atoms with Crippen LogP contribution in [-0.2, 0) is 14.6 Å². The van der Waals surface area contributed by atoms with Crippen molar-refractivity contribution in [2.24, 2.45) is 0 Å². The first-order chi connectivity index (χ1) is 14.3. The number of carbonyl (C=O) groups excluding carboxylic acids is 1. The van der Waals surface area contributed by atoms with Gasteiger partial charge in [0.25, 0.3) is 0 Å². The van der Waals surface area contributed by atoms with Crippen LogP contribution in [0.2, 0.25) is 5.02 Å². The molecular weight excluding hydrogens is 446 g/mol. The smallest absolute Gasteiger partial charge is 0.232 e. The molecule has 0 spiro atoms. The van der Waals surface area contributed by atoms with Gasteiger partial charge in [-0.1, -0.05) is 35.5 Å². The van der Waals surface area contributed by atoms with Gasteiger partial charge >= 0.3 is 0 Å². The van der Waals surface area contributed by atoms with Crippen LogP contribution in [0.15, 0.2) is 29.4 Å². The molecule has 2 aromatic rings. The summed E-state index contributed by atoms with van der Waals surface area (Å²) in [6.45, 7) is 3.58. The molecule has 162 valence electrons. The SMILES string of the molecule is CC1(NC(=O)CSc2nnc(N3CCCC3)n2-c2ccccc2Cl)CCS(=O)(=O)C1. The van der Waals surface area contributed by atoms with Crippen LogP contribution in [0, 0.1) is 0 Å². The summed E-state index contributed by atoms with van der Waals surface area (Å²) < 4.78 is 25.4. The van der Waals surface area contributed by atoms with Crippen molar-refractivity contribution in [2.75, 3.05) is 35.2 Å². The van der Waals surface area contributed by atoms with E-state index < -0.39 is 15.4 Å². The minimum Gasteiger partial charge on any atom is -0.349 e. The fourth-order valence-electron chi connectivity index (χ4n) is 3.93. The van der Waals surface area contributed by atoms with Crippen LogP contribution in [-0.4, -0.2) is 65.0 Å². The number of anilines is 1. The number of carbonyl (C=O) groups is 1. The van der Waals surface area contributed by atoms with E-state index in [4.69, 9.17) is 11.6 Å². The lowest BCUT2D eigenvalue weighted by Crippen LogP contribution is -2.47. The predicted molar refractivity (Wildman–Crippen MR) is 118 cm³/mol. The summed E-state index contributed by atoms with van der Waals surface area (Å²) >= 11 is 7.71. The zero-order valence-electron chi connectivity index (χ0n) is 16.7. The molecule has 1 atom stereocenters. The molecule has 0 bridgehead atoms. The molecule has 4 rings (SSSR count). The zero-order valence-corrected chi connectivity index (χ0v) is 19.1. The lowest BCUT2D eigenvalue weighted by atomic mass is 10.0. The molecule has 2 aliphatic rings. The predicted octanol–water partition coefficient (Wildman–Crippen LogP) is 2.31. The Hall–Kier alpha value is -1.78. The molecule has 0 radical (unpaired) electrons. The van der Waals surface area contributed by atoms with E-state index in [1.54, 1.807) is 6.92 Å². The van der Waals surface area contributed by atoms with E-state index in [2.05, 4.69) is 20.4 Å². The van der Waals surface area contributed by atoms with Gasteiger partial charge in [0.05, 0.1) is 33.5 Å². The first-order valence-corrected chi connectivity index (χ1v) is 13.0. The number of nitrogens with zero attached hydrogens (tertiary/aromatic N) is 4. The third kappa shape index (κ3) is 4.60. The van der Waals surface area contributed by atoms with E-state index in [-0.39, 0.29) is 23.2 Å². The monoisotopic (exact) mass is 469 g/mol. The number of thioether (sulfide) groups is 1. The van der Waals surface area contributed by atoms with Crippen LogP contribution in [0.1, 0.15) is 26.2 Å². The second kappa shape index (κ2) is 8.39. The Morgan fingerprint density at radius 3 is 2.67 bits per heavy atom. The van der Waals surface area contributed by atoms with Crippen LogP contribution in [0.5, 0.6) is 0 Å². The lowest BCUT2D eigenvalue weighted by molar-refractivity contribution is -0.120. The van der Waals surface area contributed by atoms with Crippen LogP contribution in [0.3, 0.4) is 0 Å². The number of rotatable bonds is 6. The number of benzene rings is 1. The van der Waals surface area contributed by atoms with Crippen LogP contribution in [0.4, 0.5) is 5.95 Å². The number of hydrogen-bond acceptors (Lipinski definition) is 7. The lowest BCUT2D eigenvalue weighted by Gasteiger charge is -2.23. The highest BCUT2D eigenvalue weighted by Crippen LogP contribution is 2.32. The summed E-state index contributed by atoms with van der Waals surface area (Å²) in [4.78, 5) is 14.7. The Bertz CT molecular complexity index is 1050. The average Bonchev–Trinajstić information content (AvgIpc) is 3.39. The van der Waals surface area contributed by atoms with Crippen molar-refractivity contribution in [3.05, 3.63) is 29.3 Å². The van der Waals surface area contributed by atoms with E-state index in [0.717, 1.165) is 37.6 Å². The topological polar surface area (TPSA) is 97.2 Å². The molecule has 0 aliphatic carbocycles. The molecule has 1 N–H and O–H groups in total. The fraction of sp³-hybridized carbons (Fsp3) is 0.526. The third-order valence-corrected chi connectivity index (χ3v) is 8.53. The number of sulfone groups is 1. The van der Waals surface area contributed by atoms with Crippen LogP contribution >= 0.6 is 23.4 Å². The van der Waals surface area contributed by atoms with Crippen molar-refractivity contribution in [3.63, 3.8) is 0 Å². The molecule has 30 heavy (non-hydrogen) atoms. The normalized spacial score (nSPS) is 23.1. The third-order valence-electron chi connectivity index (χ3n) is 5.38. The number of para-hydroxylation sites is 1. The molecule has 0 saturated carbocycles. The first-order valence-electron chi connectivity index (χ1n) is 9.86. The molecule has 11 heteroatoms. The number of amides is 1. The highest BCUT2D eigenvalue weighted by molar-refractivity contribution is 7.99. The number of nitrogens with one attached hydrogen (secondary N) is 1. The van der Waals surface area contributed by atoms with Gasteiger partial charge in [-0.25, -0.2) is 8.42 Å². The van der Waals surface area contributed by atoms with Crippen molar-refractivity contribution >= 4 is 45.1 Å². The maximum absolute atomic E-state index is 12.5. The Balaban J connectivity index is 1.53. The van der Waals surface area contributed by atoms with Crippen LogP contribution < -0.4 is 10.2 Å². The first kappa shape index (κ1) is 21.5. The average molecular weight is 470 g/mol. The van der Waals surface area contributed by atoms with Crippen molar-refractivity contribution < 1.29 is 13.2 Å². The van der Waals surface area contributed by atoms with Crippen molar-refractivity contribution in [3.8, 4) is 5.69 Å². The molecule has 2 fully saturated rings. The van der Waals surface area contributed by atoms with Gasteiger partial charge in [0.15, 0.2) is 15.0 Å². The van der Waals surface area contributed by atoms with Gasteiger partial charge in [0.2, 0.25) is 11.9 Å². The van der Waals surface area contributed by atoms with Gasteiger partial charge in [0, 0.05) is 13.1 Å². The van der Waals surface area contributed by atoms with Crippen molar-refractivity contribution in [1.82, 2.24) is 20.1 Å². The fourth-order valence-corrected chi connectivity index (χ4v) is 6.99. The van der Waals surface area contributed by atoms with Gasteiger partial charge in [0.1, 0.15) is 0 Å². The Kier molecular flexibility index (Phi) is 6.00. The quantitative estimate of drug-likeness (QED) is 0.648. The Morgan fingerprint density at radius 1 is 1.27 bits per heavy atom. The minimum atomic E-state index is -3.09. The second-order valence-electron chi connectivity index (χ2n) is 8.00. The summed E-state index contributed by atoms with van der Waals surface area (Å²) in [6, 6.07) is 7.48.